The Bertz CT molecular complexity index is 584. The van der Waals surface area contributed by atoms with Gasteiger partial charge in [-0.15, -0.1) is 0 Å². The van der Waals surface area contributed by atoms with Crippen molar-refractivity contribution in [1.29, 1.82) is 0 Å². The summed E-state index contributed by atoms with van der Waals surface area (Å²) in [5.74, 6) is 0.640. The maximum atomic E-state index is 11.6. The maximum Gasteiger partial charge on any atom is 0.251 e. The Labute approximate surface area is 143 Å². The van der Waals surface area contributed by atoms with E-state index in [9.17, 15) is 9.59 Å². The first-order valence-corrected chi connectivity index (χ1v) is 7.93. The molecule has 0 heterocycles. The van der Waals surface area contributed by atoms with Gasteiger partial charge in [-0.1, -0.05) is 12.1 Å². The number of aliphatic imine (C=N–C) groups is 1. The largest absolute Gasteiger partial charge is 0.356 e. The van der Waals surface area contributed by atoms with E-state index >= 15 is 0 Å². The fourth-order valence-electron chi connectivity index (χ4n) is 2.07. The molecule has 2 amide bonds. The van der Waals surface area contributed by atoms with Crippen LogP contribution < -0.4 is 16.0 Å². The van der Waals surface area contributed by atoms with Crippen LogP contribution in [0.2, 0.25) is 0 Å². The normalized spacial score (nSPS) is 10.9. The second kappa shape index (κ2) is 10.3. The van der Waals surface area contributed by atoms with Gasteiger partial charge in [0.1, 0.15) is 0 Å². The molecule has 1 aromatic carbocycles. The zero-order valence-electron chi connectivity index (χ0n) is 14.8. The van der Waals surface area contributed by atoms with Crippen LogP contribution in [0.5, 0.6) is 0 Å². The van der Waals surface area contributed by atoms with Crippen LogP contribution in [0.25, 0.3) is 0 Å². The molecule has 3 N–H and O–H groups in total. The van der Waals surface area contributed by atoms with Crippen molar-refractivity contribution in [1.82, 2.24) is 20.9 Å². The van der Waals surface area contributed by atoms with Gasteiger partial charge < -0.3 is 20.9 Å². The van der Waals surface area contributed by atoms with E-state index in [2.05, 4.69) is 20.9 Å². The molecule has 7 heteroatoms. The summed E-state index contributed by atoms with van der Waals surface area (Å²) < 4.78 is 0. The van der Waals surface area contributed by atoms with Crippen molar-refractivity contribution in [3.05, 3.63) is 35.4 Å². The molecule has 0 bridgehead atoms. The molecule has 0 aromatic heterocycles. The second-order valence-corrected chi connectivity index (χ2v) is 5.49. The molecule has 0 aliphatic heterocycles. The number of hydrogen-bond acceptors (Lipinski definition) is 3. The molecule has 24 heavy (non-hydrogen) atoms. The van der Waals surface area contributed by atoms with Gasteiger partial charge in [0.2, 0.25) is 5.91 Å². The van der Waals surface area contributed by atoms with E-state index in [4.69, 9.17) is 0 Å². The lowest BCUT2D eigenvalue weighted by atomic mass is 10.1. The molecule has 1 rings (SSSR count). The zero-order valence-corrected chi connectivity index (χ0v) is 14.8. The highest BCUT2D eigenvalue weighted by Gasteiger charge is 2.05. The molecule has 0 spiro atoms. The van der Waals surface area contributed by atoms with Gasteiger partial charge in [0, 0.05) is 53.3 Å². The highest BCUT2D eigenvalue weighted by atomic mass is 16.2. The van der Waals surface area contributed by atoms with Gasteiger partial charge >= 0.3 is 0 Å². The Morgan fingerprint density at radius 1 is 1.17 bits per heavy atom. The minimum atomic E-state index is -0.0900. The van der Waals surface area contributed by atoms with Gasteiger partial charge in [0.15, 0.2) is 5.96 Å². The predicted molar refractivity (Wildman–Crippen MR) is 96.2 cm³/mol. The van der Waals surface area contributed by atoms with Crippen molar-refractivity contribution in [2.24, 2.45) is 4.99 Å². The van der Waals surface area contributed by atoms with Crippen LogP contribution in [0, 0.1) is 0 Å². The second-order valence-electron chi connectivity index (χ2n) is 5.49. The minimum Gasteiger partial charge on any atom is -0.356 e. The average Bonchev–Trinajstić information content (AvgIpc) is 2.59. The molecule has 1 aromatic rings. The van der Waals surface area contributed by atoms with Crippen molar-refractivity contribution in [3.63, 3.8) is 0 Å². The molecule has 0 saturated carbocycles. The number of carbonyl (C=O) groups excluding carboxylic acids is 2. The average molecular weight is 333 g/mol. The molecule has 0 unspecified atom stereocenters. The molecule has 0 fully saturated rings. The molecular weight excluding hydrogens is 306 g/mol. The van der Waals surface area contributed by atoms with Crippen LogP contribution in [0.15, 0.2) is 29.3 Å². The molecule has 0 atom stereocenters. The number of nitrogens with one attached hydrogen (secondary N) is 3. The van der Waals surface area contributed by atoms with E-state index < -0.39 is 0 Å². The van der Waals surface area contributed by atoms with Crippen LogP contribution in [0.3, 0.4) is 0 Å². The third-order valence-electron chi connectivity index (χ3n) is 3.48. The number of nitrogens with zero attached hydrogens (tertiary/aromatic N) is 2. The van der Waals surface area contributed by atoms with Crippen molar-refractivity contribution < 1.29 is 9.59 Å². The van der Waals surface area contributed by atoms with E-state index in [1.807, 2.05) is 18.2 Å². The van der Waals surface area contributed by atoms with E-state index in [0.29, 0.717) is 31.0 Å². The molecule has 0 saturated heterocycles. The number of guanidine groups is 1. The lowest BCUT2D eigenvalue weighted by Gasteiger charge is -2.13. The van der Waals surface area contributed by atoms with Crippen LogP contribution in [0.1, 0.15) is 22.3 Å². The Balaban J connectivity index is 2.39. The summed E-state index contributed by atoms with van der Waals surface area (Å²) in [7, 11) is 6.78. The van der Waals surface area contributed by atoms with Crippen LogP contribution in [-0.4, -0.2) is 64.0 Å². The van der Waals surface area contributed by atoms with Gasteiger partial charge in [-0.2, -0.15) is 0 Å². The standard InChI is InChI=1S/C17H27N5O2/c1-18-16(24)14-7-5-6-13(12-14)8-10-20-17(19-2)21-11-9-15(23)22(3)4/h5-7,12H,8-11H2,1-4H3,(H,18,24)(H2,19,20,21). The minimum absolute atomic E-state index is 0.0731. The van der Waals surface area contributed by atoms with Gasteiger partial charge in [0.05, 0.1) is 0 Å². The molecular formula is C17H27N5O2. The van der Waals surface area contributed by atoms with Gasteiger partial charge in [-0.3, -0.25) is 14.6 Å². The quantitative estimate of drug-likeness (QED) is 0.493. The summed E-state index contributed by atoms with van der Waals surface area (Å²) in [4.78, 5) is 28.8. The number of rotatable bonds is 7. The Hall–Kier alpha value is -2.57. The third-order valence-corrected chi connectivity index (χ3v) is 3.48. The smallest absolute Gasteiger partial charge is 0.251 e. The number of benzene rings is 1. The third kappa shape index (κ3) is 6.68. The molecule has 7 nitrogen and oxygen atoms in total. The molecule has 0 aliphatic carbocycles. The van der Waals surface area contributed by atoms with E-state index in [1.165, 1.54) is 0 Å². The monoisotopic (exact) mass is 333 g/mol. The van der Waals surface area contributed by atoms with Crippen LogP contribution >= 0.6 is 0 Å². The first-order chi connectivity index (χ1) is 11.5. The summed E-state index contributed by atoms with van der Waals surface area (Å²) in [5.41, 5.74) is 1.72. The van der Waals surface area contributed by atoms with Crippen LogP contribution in [-0.2, 0) is 11.2 Å². The van der Waals surface area contributed by atoms with E-state index in [1.54, 1.807) is 39.2 Å². The van der Waals surface area contributed by atoms with Gasteiger partial charge in [0.25, 0.3) is 5.91 Å². The summed E-state index contributed by atoms with van der Waals surface area (Å²) in [6.45, 7) is 1.21. The highest BCUT2D eigenvalue weighted by molar-refractivity contribution is 5.94. The fourth-order valence-corrected chi connectivity index (χ4v) is 2.07. The summed E-state index contributed by atoms with van der Waals surface area (Å²) in [6, 6.07) is 7.53. The van der Waals surface area contributed by atoms with E-state index in [0.717, 1.165) is 12.0 Å². The fraction of sp³-hybridized carbons (Fsp3) is 0.471. The van der Waals surface area contributed by atoms with Crippen molar-refractivity contribution in [2.75, 3.05) is 41.3 Å². The van der Waals surface area contributed by atoms with Gasteiger partial charge in [-0.05, 0) is 24.1 Å². The molecule has 0 radical (unpaired) electrons. The lowest BCUT2D eigenvalue weighted by molar-refractivity contribution is -0.128. The molecule has 0 aliphatic rings. The lowest BCUT2D eigenvalue weighted by Crippen LogP contribution is -2.40. The Morgan fingerprint density at radius 3 is 2.50 bits per heavy atom. The topological polar surface area (TPSA) is 85.8 Å². The first-order valence-electron chi connectivity index (χ1n) is 7.93. The van der Waals surface area contributed by atoms with Crippen molar-refractivity contribution in [3.8, 4) is 0 Å². The first kappa shape index (κ1) is 19.5. The van der Waals surface area contributed by atoms with Gasteiger partial charge in [-0.25, -0.2) is 0 Å². The Kier molecular flexibility index (Phi) is 8.32. The van der Waals surface area contributed by atoms with E-state index in [-0.39, 0.29) is 11.8 Å². The van der Waals surface area contributed by atoms with Crippen molar-refractivity contribution >= 4 is 17.8 Å². The number of amides is 2. The Morgan fingerprint density at radius 2 is 1.88 bits per heavy atom. The number of hydrogen-bond donors (Lipinski definition) is 3. The predicted octanol–water partition coefficient (Wildman–Crippen LogP) is 0.232. The highest BCUT2D eigenvalue weighted by Crippen LogP contribution is 2.05. The number of carbonyl (C=O) groups is 2. The zero-order chi connectivity index (χ0) is 17.9. The van der Waals surface area contributed by atoms with Crippen molar-refractivity contribution in [2.45, 2.75) is 12.8 Å². The van der Waals surface area contributed by atoms with Crippen LogP contribution in [0.4, 0.5) is 0 Å². The summed E-state index contributed by atoms with van der Waals surface area (Å²) in [5, 5.41) is 8.92. The summed E-state index contributed by atoms with van der Waals surface area (Å²) >= 11 is 0. The molecule has 132 valence electrons. The summed E-state index contributed by atoms with van der Waals surface area (Å²) in [6.07, 6.45) is 1.18. The maximum absolute atomic E-state index is 11.6. The SMILES string of the molecule is CN=C(NCCC(=O)N(C)C)NCCc1cccc(C(=O)NC)c1.